The largest absolute Gasteiger partial charge is 0.748 e. The maximum atomic E-state index is 9.68. The van der Waals surface area contributed by atoms with E-state index in [2.05, 4.69) is 82.3 Å². The van der Waals surface area contributed by atoms with Crippen molar-refractivity contribution >= 4 is 52.1 Å². The molecule has 15 heteroatoms. The monoisotopic (exact) mass is 1410 g/mol. The van der Waals surface area contributed by atoms with E-state index in [4.69, 9.17) is 0 Å². The predicted molar refractivity (Wildman–Crippen MR) is 420 cm³/mol. The van der Waals surface area contributed by atoms with E-state index in [1.54, 1.807) is 82.9 Å². The lowest BCUT2D eigenvalue weighted by molar-refractivity contribution is 0.460. The van der Waals surface area contributed by atoms with Crippen molar-refractivity contribution in [3.63, 3.8) is 0 Å². The molecule has 0 radical (unpaired) electrons. The van der Waals surface area contributed by atoms with Crippen molar-refractivity contribution < 1.29 is 38.9 Å². The summed E-state index contributed by atoms with van der Waals surface area (Å²) in [5, 5.41) is 0. The van der Waals surface area contributed by atoms with Crippen molar-refractivity contribution in [1.82, 2.24) is 0 Å². The van der Waals surface area contributed by atoms with Crippen LogP contribution in [0.1, 0.15) is 398 Å². The number of hydrogen-bond acceptors (Lipinski definition) is 9. The van der Waals surface area contributed by atoms with Crippen LogP contribution >= 0.6 is 21.8 Å². The molecule has 0 saturated carbocycles. The van der Waals surface area contributed by atoms with Crippen LogP contribution in [-0.2, 0) is 30.4 Å². The van der Waals surface area contributed by atoms with E-state index in [0.717, 1.165) is 0 Å². The van der Waals surface area contributed by atoms with Gasteiger partial charge in [-0.1, -0.05) is 301 Å². The van der Waals surface area contributed by atoms with Crippen LogP contribution in [0.15, 0.2) is 0 Å². The maximum absolute atomic E-state index is 9.68. The first kappa shape index (κ1) is 103. The van der Waals surface area contributed by atoms with Gasteiger partial charge in [0.1, 0.15) is 0 Å². The molecular formula is C76H167O9P3S3. The van der Waals surface area contributed by atoms with E-state index < -0.39 is 52.1 Å². The van der Waals surface area contributed by atoms with Crippen molar-refractivity contribution in [3.05, 3.63) is 0 Å². The Labute approximate surface area is 577 Å². The minimum Gasteiger partial charge on any atom is -0.748 e. The van der Waals surface area contributed by atoms with Gasteiger partial charge >= 0.3 is 0 Å². The van der Waals surface area contributed by atoms with Crippen LogP contribution in [0.4, 0.5) is 0 Å². The molecule has 0 fully saturated rings. The van der Waals surface area contributed by atoms with Crippen molar-refractivity contribution in [3.8, 4) is 0 Å². The molecule has 0 N–H and O–H groups in total. The van der Waals surface area contributed by atoms with Gasteiger partial charge in [-0.25, -0.2) is 25.3 Å². The SMILES string of the molecule is CCCCCCCCCCCCCCCC[P+](CCCC)(CCCC)CCCC.CCCCCCCCCCCC[P+](C)(C)C.CCCCCCCCCCCC[P+](CCCC)(CCCC)CCCC.CCCS(=O)(=O)[O-].CCCS(=O)(=O)[O-].CCCS(=O)(=O)[O-]. The Morgan fingerprint density at radius 2 is 0.319 bits per heavy atom. The van der Waals surface area contributed by atoms with Gasteiger partial charge in [-0.05, 0) is 96.3 Å². The molecule has 9 nitrogen and oxygen atoms in total. The highest BCUT2D eigenvalue weighted by molar-refractivity contribution is 7.86. The Hall–Kier alpha value is 1.02. The molecule has 0 saturated heterocycles. The van der Waals surface area contributed by atoms with Gasteiger partial charge < -0.3 is 13.7 Å². The van der Waals surface area contributed by atoms with Crippen LogP contribution in [0, 0.1) is 0 Å². The first-order valence-corrected chi connectivity index (χ1v) is 52.6. The fourth-order valence-corrected chi connectivity index (χ4v) is 24.8. The highest BCUT2D eigenvalue weighted by Gasteiger charge is 2.35. The predicted octanol–water partition coefficient (Wildman–Crippen LogP) is 25.8. The van der Waals surface area contributed by atoms with Crippen LogP contribution in [0.25, 0.3) is 0 Å². The standard InChI is InChI=1S/C28H60P.C24H52P.C15H34P.3C3H8O3S/c1-5-9-13-14-15-16-17-18-19-20-21-22-23-24-28-29(25-10-6-2,26-11-7-3)27-12-8-4;1-5-9-13-14-15-16-17-18-19-20-24-25(21-10-6-2,22-11-7-3)23-12-8-4;1-5-6-7-8-9-10-11-12-13-14-15-16(2,3)4;3*1-2-3-7(4,5)6/h5-28H2,1-4H3;5-24H2,1-4H3;5-15H2,1-4H3;3*2-3H2,1H3,(H,4,5,6)/q3*+1;;;/p-3. The molecule has 0 amide bonds. The molecule has 0 heterocycles. The Morgan fingerprint density at radius 1 is 0.187 bits per heavy atom. The molecule has 0 aromatic heterocycles. The normalized spacial score (nSPS) is 11.9. The smallest absolute Gasteiger partial charge is 0.0945 e. The minimum absolute atomic E-state index is 0.243. The molecule has 0 aliphatic carbocycles. The van der Waals surface area contributed by atoms with Gasteiger partial charge in [-0.3, -0.25) is 0 Å². The lowest BCUT2D eigenvalue weighted by Crippen LogP contribution is -2.13. The van der Waals surface area contributed by atoms with Crippen molar-refractivity contribution in [2.45, 2.75) is 398 Å². The fraction of sp³-hybridized carbons (Fsp3) is 1.00. The van der Waals surface area contributed by atoms with Gasteiger partial charge in [-0.15, -0.1) is 0 Å². The molecule has 0 spiro atoms. The van der Waals surface area contributed by atoms with E-state index in [1.165, 1.54) is 289 Å². The van der Waals surface area contributed by atoms with Gasteiger partial charge in [0.2, 0.25) is 0 Å². The Kier molecular flexibility index (Phi) is 86.9. The highest BCUT2D eigenvalue weighted by atomic mass is 32.2. The molecule has 0 atom stereocenters. The molecule has 0 aliphatic rings. The molecule has 0 unspecified atom stereocenters. The number of unbranched alkanes of at least 4 members (excludes halogenated alkanes) is 37. The summed E-state index contributed by atoms with van der Waals surface area (Å²) in [5.41, 5.74) is 0. The summed E-state index contributed by atoms with van der Waals surface area (Å²) in [4.78, 5) is 0. The lowest BCUT2D eigenvalue weighted by Gasteiger charge is -2.28. The second kappa shape index (κ2) is 76.8. The summed E-state index contributed by atoms with van der Waals surface area (Å²) >= 11 is 0. The van der Waals surface area contributed by atoms with E-state index in [-0.39, 0.29) is 17.3 Å². The van der Waals surface area contributed by atoms with Gasteiger partial charge in [0.25, 0.3) is 0 Å². The first-order chi connectivity index (χ1) is 43.2. The second-order valence-corrected chi connectivity index (χ2v) is 46.9. The van der Waals surface area contributed by atoms with Gasteiger partial charge in [-0.2, -0.15) is 0 Å². The Balaban J connectivity index is -0.000000261. The molecule has 91 heavy (non-hydrogen) atoms. The lowest BCUT2D eigenvalue weighted by atomic mass is 10.0. The third-order valence-electron chi connectivity index (χ3n) is 17.4. The summed E-state index contributed by atoms with van der Waals surface area (Å²) in [5.74, 6) is -0.729. The number of rotatable bonds is 61. The van der Waals surface area contributed by atoms with Gasteiger partial charge in [0.15, 0.2) is 0 Å². The summed E-state index contributed by atoms with van der Waals surface area (Å²) in [6.07, 6.45) is 83.3. The third-order valence-corrected chi connectivity index (χ3v) is 31.9. The van der Waals surface area contributed by atoms with Gasteiger partial charge in [0.05, 0.1) is 85.8 Å². The first-order valence-electron chi connectivity index (χ1n) is 39.5. The molecule has 0 bridgehead atoms. The highest BCUT2D eigenvalue weighted by Crippen LogP contribution is 2.62. The van der Waals surface area contributed by atoms with Crippen LogP contribution in [0.3, 0.4) is 0 Å². The van der Waals surface area contributed by atoms with Crippen molar-refractivity contribution in [2.24, 2.45) is 0 Å². The second-order valence-electron chi connectivity index (χ2n) is 28.4. The average Bonchev–Trinajstić information content (AvgIpc) is 1.61. The topological polar surface area (TPSA) is 172 Å². The zero-order valence-corrected chi connectivity index (χ0v) is 69.5. The summed E-state index contributed by atoms with van der Waals surface area (Å²) < 4.78 is 87.1. The van der Waals surface area contributed by atoms with Crippen LogP contribution in [-0.4, -0.2) is 132 Å². The maximum Gasteiger partial charge on any atom is 0.0945 e. The van der Waals surface area contributed by atoms with E-state index in [0.29, 0.717) is 19.3 Å². The van der Waals surface area contributed by atoms with Crippen molar-refractivity contribution in [1.29, 1.82) is 0 Å². The Morgan fingerprint density at radius 3 is 0.440 bits per heavy atom. The Bertz CT molecular complexity index is 1590. The van der Waals surface area contributed by atoms with E-state index in [9.17, 15) is 38.9 Å². The quantitative estimate of drug-likeness (QED) is 0.0326. The number of hydrogen-bond donors (Lipinski definition) is 0. The van der Waals surface area contributed by atoms with Crippen LogP contribution in [0.5, 0.6) is 0 Å². The molecule has 0 rings (SSSR count). The minimum atomic E-state index is -3.92. The molecule has 0 aromatic rings. The molecule has 558 valence electrons. The van der Waals surface area contributed by atoms with Crippen LogP contribution < -0.4 is 0 Å². The molecule has 0 aromatic carbocycles. The zero-order valence-electron chi connectivity index (χ0n) is 64.4. The third kappa shape index (κ3) is 97.5. The van der Waals surface area contributed by atoms with Gasteiger partial charge in [0, 0.05) is 59.0 Å². The molecular weight excluding hydrogens is 1250 g/mol. The zero-order chi connectivity index (χ0) is 70.1. The fourth-order valence-electron chi connectivity index (χ4n) is 11.7. The van der Waals surface area contributed by atoms with Crippen molar-refractivity contribution in [2.75, 3.05) is 92.7 Å². The van der Waals surface area contributed by atoms with E-state index in [1.807, 2.05) is 0 Å². The van der Waals surface area contributed by atoms with E-state index >= 15 is 0 Å². The summed E-state index contributed by atoms with van der Waals surface area (Å²) in [7, 11) is -13.5. The average molecular weight is 1410 g/mol. The summed E-state index contributed by atoms with van der Waals surface area (Å²) in [6, 6.07) is 0. The van der Waals surface area contributed by atoms with Crippen LogP contribution in [0.2, 0.25) is 0 Å². The molecule has 0 aliphatic heterocycles. The summed E-state index contributed by atoms with van der Waals surface area (Å²) in [6.45, 7) is 33.6.